The van der Waals surface area contributed by atoms with Gasteiger partial charge in [0.15, 0.2) is 6.10 Å². The van der Waals surface area contributed by atoms with E-state index in [1.165, 1.54) is 180 Å². The third-order valence-corrected chi connectivity index (χ3v) is 13.1. The van der Waals surface area contributed by atoms with Crippen LogP contribution in [0.25, 0.3) is 0 Å². The van der Waals surface area contributed by atoms with Crippen molar-refractivity contribution in [2.75, 3.05) is 13.2 Å². The predicted molar refractivity (Wildman–Crippen MR) is 261 cm³/mol. The number of ether oxygens (including phenoxy) is 3. The highest BCUT2D eigenvalue weighted by Crippen LogP contribution is 2.19. The van der Waals surface area contributed by atoms with Gasteiger partial charge in [0.1, 0.15) is 13.2 Å². The van der Waals surface area contributed by atoms with Gasteiger partial charge < -0.3 is 14.2 Å². The van der Waals surface area contributed by atoms with E-state index in [2.05, 4.69) is 41.5 Å². The highest BCUT2D eigenvalue weighted by molar-refractivity contribution is 5.71. The normalized spacial score (nSPS) is 13.0. The van der Waals surface area contributed by atoms with Crippen molar-refractivity contribution >= 4 is 17.9 Å². The van der Waals surface area contributed by atoms with E-state index in [9.17, 15) is 14.4 Å². The van der Waals surface area contributed by atoms with Gasteiger partial charge in [-0.3, -0.25) is 14.4 Å². The maximum absolute atomic E-state index is 12.8. The van der Waals surface area contributed by atoms with Crippen molar-refractivity contribution in [2.45, 2.75) is 304 Å². The second-order valence-electron chi connectivity index (χ2n) is 19.8. The van der Waals surface area contributed by atoms with Gasteiger partial charge in [0.05, 0.1) is 0 Å². The predicted octanol–water partition coefficient (Wildman–Crippen LogP) is 17.6. The first kappa shape index (κ1) is 59.4. The molecule has 362 valence electrons. The van der Waals surface area contributed by atoms with Gasteiger partial charge in [-0.25, -0.2) is 0 Å². The first-order chi connectivity index (χ1) is 29.7. The van der Waals surface area contributed by atoms with Crippen LogP contribution in [-0.4, -0.2) is 37.2 Å². The highest BCUT2D eigenvalue weighted by atomic mass is 16.6. The maximum atomic E-state index is 12.8. The summed E-state index contributed by atoms with van der Waals surface area (Å²) in [5, 5.41) is 0. The lowest BCUT2D eigenvalue weighted by Gasteiger charge is -2.18. The van der Waals surface area contributed by atoms with E-state index in [-0.39, 0.29) is 31.1 Å². The Kier molecular flexibility index (Phi) is 45.2. The Morgan fingerprint density at radius 1 is 0.328 bits per heavy atom. The third kappa shape index (κ3) is 46.2. The van der Waals surface area contributed by atoms with Crippen molar-refractivity contribution in [1.82, 2.24) is 0 Å². The van der Waals surface area contributed by atoms with Crippen LogP contribution in [0.1, 0.15) is 298 Å². The second kappa shape index (κ2) is 46.4. The van der Waals surface area contributed by atoms with Crippen LogP contribution >= 0.6 is 0 Å². The van der Waals surface area contributed by atoms with Gasteiger partial charge in [-0.15, -0.1) is 0 Å². The van der Waals surface area contributed by atoms with Gasteiger partial charge in [-0.05, 0) is 37.0 Å². The van der Waals surface area contributed by atoms with Crippen LogP contribution in [0.15, 0.2) is 0 Å². The summed E-state index contributed by atoms with van der Waals surface area (Å²) in [6, 6.07) is 0. The van der Waals surface area contributed by atoms with Crippen LogP contribution in [0.5, 0.6) is 0 Å². The largest absolute Gasteiger partial charge is 0.462 e. The number of carbonyl (C=O) groups is 3. The molecule has 0 spiro atoms. The zero-order valence-corrected chi connectivity index (χ0v) is 42.0. The number of carbonyl (C=O) groups excluding carboxylic acids is 3. The number of rotatable bonds is 48. The summed E-state index contributed by atoms with van der Waals surface area (Å²) in [7, 11) is 0. The van der Waals surface area contributed by atoms with Crippen LogP contribution in [0.3, 0.4) is 0 Å². The van der Waals surface area contributed by atoms with E-state index >= 15 is 0 Å². The smallest absolute Gasteiger partial charge is 0.306 e. The van der Waals surface area contributed by atoms with Gasteiger partial charge in [-0.2, -0.15) is 0 Å². The van der Waals surface area contributed by atoms with Crippen molar-refractivity contribution in [1.29, 1.82) is 0 Å². The average molecular weight is 863 g/mol. The van der Waals surface area contributed by atoms with Gasteiger partial charge >= 0.3 is 17.9 Å². The molecule has 0 fully saturated rings. The summed E-state index contributed by atoms with van der Waals surface area (Å²) in [5.41, 5.74) is 0. The Labute approximate surface area is 380 Å². The first-order valence-corrected chi connectivity index (χ1v) is 27.2. The molecule has 0 aromatic heterocycles. The Morgan fingerprint density at radius 3 is 0.852 bits per heavy atom. The minimum atomic E-state index is -0.763. The summed E-state index contributed by atoms with van der Waals surface area (Å²) in [6.45, 7) is 13.8. The molecule has 0 aliphatic rings. The minimum absolute atomic E-state index is 0.0648. The van der Waals surface area contributed by atoms with E-state index in [4.69, 9.17) is 14.2 Å². The molecule has 6 heteroatoms. The molecule has 0 N–H and O–H groups in total. The molecule has 0 saturated heterocycles. The van der Waals surface area contributed by atoms with Gasteiger partial charge in [0.2, 0.25) is 0 Å². The SMILES string of the molecule is CCC(C)CCCCCCCCCCC(=O)OC[C@H](COC(=O)CCCCCCCCCCCCCCCCCCC(C)C)OC(=O)CCCCCCCCCCC(C)CC. The highest BCUT2D eigenvalue weighted by Gasteiger charge is 2.19. The van der Waals surface area contributed by atoms with Crippen molar-refractivity contribution in [3.8, 4) is 0 Å². The van der Waals surface area contributed by atoms with E-state index in [0.29, 0.717) is 19.3 Å². The zero-order chi connectivity index (χ0) is 44.9. The van der Waals surface area contributed by atoms with Crippen molar-refractivity contribution in [2.24, 2.45) is 17.8 Å². The standard InChI is InChI=1S/C55H106O6/c1-7-50(5)42-36-30-24-19-21-27-33-39-45-54(57)60-48-52(61-55(58)46-40-34-28-22-20-25-31-37-43-51(6)8-2)47-59-53(56)44-38-32-26-18-16-14-12-10-9-11-13-15-17-23-29-35-41-49(3)4/h49-52H,7-48H2,1-6H3/t50?,51?,52-/m0/s1. The van der Waals surface area contributed by atoms with Crippen LogP contribution in [-0.2, 0) is 28.6 Å². The molecule has 0 amide bonds. The molecule has 0 saturated carbocycles. The number of hydrogen-bond donors (Lipinski definition) is 0. The fourth-order valence-corrected chi connectivity index (χ4v) is 8.23. The third-order valence-electron chi connectivity index (χ3n) is 13.1. The van der Waals surface area contributed by atoms with Crippen molar-refractivity contribution in [3.05, 3.63) is 0 Å². The van der Waals surface area contributed by atoms with Gasteiger partial charge in [0, 0.05) is 19.3 Å². The van der Waals surface area contributed by atoms with Crippen molar-refractivity contribution < 1.29 is 28.6 Å². The van der Waals surface area contributed by atoms with E-state index in [1.807, 2.05) is 0 Å². The topological polar surface area (TPSA) is 78.9 Å². The van der Waals surface area contributed by atoms with Crippen molar-refractivity contribution in [3.63, 3.8) is 0 Å². The number of unbranched alkanes of at least 4 members (excludes halogenated alkanes) is 29. The zero-order valence-electron chi connectivity index (χ0n) is 42.0. The van der Waals surface area contributed by atoms with E-state index < -0.39 is 6.10 Å². The molecule has 0 aliphatic carbocycles. The number of hydrogen-bond acceptors (Lipinski definition) is 6. The van der Waals surface area contributed by atoms with Crippen LogP contribution in [0, 0.1) is 17.8 Å². The van der Waals surface area contributed by atoms with Crippen LogP contribution in [0.4, 0.5) is 0 Å². The summed E-state index contributed by atoms with van der Waals surface area (Å²) >= 11 is 0. The van der Waals surface area contributed by atoms with Gasteiger partial charge in [0.25, 0.3) is 0 Å². The first-order valence-electron chi connectivity index (χ1n) is 27.2. The molecular weight excluding hydrogens is 757 g/mol. The molecule has 0 bridgehead atoms. The summed E-state index contributed by atoms with van der Waals surface area (Å²) in [6.07, 6.45) is 46.6. The Morgan fingerprint density at radius 2 is 0.574 bits per heavy atom. The molecule has 0 aliphatic heterocycles. The second-order valence-corrected chi connectivity index (χ2v) is 19.8. The van der Waals surface area contributed by atoms with E-state index in [1.54, 1.807) is 0 Å². The van der Waals surface area contributed by atoms with Crippen LogP contribution in [0.2, 0.25) is 0 Å². The fraction of sp³-hybridized carbons (Fsp3) is 0.945. The fourth-order valence-electron chi connectivity index (χ4n) is 8.23. The molecule has 0 aromatic rings. The Bertz CT molecular complexity index is 949. The molecule has 61 heavy (non-hydrogen) atoms. The number of esters is 3. The average Bonchev–Trinajstić information content (AvgIpc) is 3.24. The quantitative estimate of drug-likeness (QED) is 0.0344. The maximum Gasteiger partial charge on any atom is 0.306 e. The molecule has 0 heterocycles. The minimum Gasteiger partial charge on any atom is -0.462 e. The molecule has 6 nitrogen and oxygen atoms in total. The summed E-state index contributed by atoms with van der Waals surface area (Å²) in [5.74, 6) is 1.69. The molecule has 0 aromatic carbocycles. The van der Waals surface area contributed by atoms with E-state index in [0.717, 1.165) is 75.5 Å². The van der Waals surface area contributed by atoms with Gasteiger partial charge in [-0.1, -0.05) is 260 Å². The lowest BCUT2D eigenvalue weighted by Crippen LogP contribution is -2.30. The monoisotopic (exact) mass is 863 g/mol. The Balaban J connectivity index is 4.27. The molecule has 2 unspecified atom stereocenters. The molecule has 0 rings (SSSR count). The molecular formula is C55H106O6. The molecule has 3 atom stereocenters. The molecule has 0 radical (unpaired) electrons. The summed E-state index contributed by atoms with van der Waals surface area (Å²) < 4.78 is 16.8. The lowest BCUT2D eigenvalue weighted by atomic mass is 9.99. The van der Waals surface area contributed by atoms with Crippen LogP contribution < -0.4 is 0 Å². The Hall–Kier alpha value is -1.59. The summed E-state index contributed by atoms with van der Waals surface area (Å²) in [4.78, 5) is 38.0. The lowest BCUT2D eigenvalue weighted by molar-refractivity contribution is -0.167.